The number of ether oxygens (including phenoxy) is 1. The molecular formula is C27H27N5O2S. The Morgan fingerprint density at radius 2 is 1.89 bits per heavy atom. The minimum absolute atomic E-state index is 0.0140. The van der Waals surface area contributed by atoms with Gasteiger partial charge in [0.25, 0.3) is 0 Å². The van der Waals surface area contributed by atoms with Gasteiger partial charge in [0.05, 0.1) is 25.4 Å². The van der Waals surface area contributed by atoms with E-state index in [9.17, 15) is 4.79 Å². The summed E-state index contributed by atoms with van der Waals surface area (Å²) in [5.41, 5.74) is 3.13. The first-order valence-corrected chi connectivity index (χ1v) is 12.6. The van der Waals surface area contributed by atoms with Crippen molar-refractivity contribution in [3.63, 3.8) is 0 Å². The summed E-state index contributed by atoms with van der Waals surface area (Å²) in [5.74, 6) is 2.28. The summed E-state index contributed by atoms with van der Waals surface area (Å²) in [7, 11) is 1.66. The van der Waals surface area contributed by atoms with Crippen LogP contribution in [0.15, 0.2) is 84.3 Å². The van der Waals surface area contributed by atoms with Crippen LogP contribution in [-0.4, -0.2) is 38.5 Å². The molecule has 4 aromatic rings. The van der Waals surface area contributed by atoms with Crippen LogP contribution in [0, 0.1) is 5.92 Å². The second-order valence-corrected chi connectivity index (χ2v) is 9.51. The Kier molecular flexibility index (Phi) is 7.09. The Morgan fingerprint density at radius 1 is 1.09 bits per heavy atom. The molecule has 5 rings (SSSR count). The number of methoxy groups -OCH3 is 1. The molecule has 1 amide bonds. The third kappa shape index (κ3) is 5.71. The summed E-state index contributed by atoms with van der Waals surface area (Å²) in [6.07, 6.45) is 5.77. The number of nitrogens with zero attached hydrogens (tertiary/aromatic N) is 4. The van der Waals surface area contributed by atoms with Crippen LogP contribution in [0.3, 0.4) is 0 Å². The van der Waals surface area contributed by atoms with Crippen molar-refractivity contribution in [2.24, 2.45) is 5.92 Å². The average molecular weight is 486 g/mol. The molecular weight excluding hydrogens is 458 g/mol. The normalized spacial score (nSPS) is 13.9. The van der Waals surface area contributed by atoms with Crippen molar-refractivity contribution in [1.29, 1.82) is 0 Å². The van der Waals surface area contributed by atoms with Gasteiger partial charge in [-0.05, 0) is 54.2 Å². The zero-order valence-electron chi connectivity index (χ0n) is 19.5. The van der Waals surface area contributed by atoms with E-state index in [0.717, 1.165) is 41.1 Å². The third-order valence-electron chi connectivity index (χ3n) is 6.04. The maximum absolute atomic E-state index is 13.0. The molecule has 178 valence electrons. The van der Waals surface area contributed by atoms with Gasteiger partial charge >= 0.3 is 0 Å². The van der Waals surface area contributed by atoms with Crippen LogP contribution in [0.2, 0.25) is 0 Å². The molecule has 1 saturated carbocycles. The molecule has 0 saturated heterocycles. The summed E-state index contributed by atoms with van der Waals surface area (Å²) < 4.78 is 7.32. The minimum Gasteiger partial charge on any atom is -0.497 e. The Balaban J connectivity index is 1.31. The van der Waals surface area contributed by atoms with Crippen LogP contribution >= 0.6 is 11.8 Å². The molecule has 0 radical (unpaired) electrons. The molecule has 2 heterocycles. The molecule has 1 N–H and O–H groups in total. The van der Waals surface area contributed by atoms with Crippen LogP contribution in [0.5, 0.6) is 5.75 Å². The van der Waals surface area contributed by atoms with Crippen LogP contribution in [0.4, 0.5) is 0 Å². The van der Waals surface area contributed by atoms with Gasteiger partial charge < -0.3 is 10.1 Å². The van der Waals surface area contributed by atoms with Gasteiger partial charge in [0.15, 0.2) is 11.0 Å². The monoisotopic (exact) mass is 485 g/mol. The second-order valence-electron chi connectivity index (χ2n) is 8.56. The lowest BCUT2D eigenvalue weighted by atomic mass is 10.0. The fourth-order valence-corrected chi connectivity index (χ4v) is 4.82. The van der Waals surface area contributed by atoms with Crippen molar-refractivity contribution in [3.8, 4) is 17.1 Å². The number of amides is 1. The summed E-state index contributed by atoms with van der Waals surface area (Å²) in [6, 6.07) is 22.0. The van der Waals surface area contributed by atoms with Crippen molar-refractivity contribution in [1.82, 2.24) is 25.1 Å². The molecule has 7 nitrogen and oxygen atoms in total. The first kappa shape index (κ1) is 23.1. The molecule has 0 spiro atoms. The summed E-state index contributed by atoms with van der Waals surface area (Å²) in [5, 5.41) is 12.8. The van der Waals surface area contributed by atoms with Crippen molar-refractivity contribution in [2.75, 3.05) is 12.9 Å². The van der Waals surface area contributed by atoms with Gasteiger partial charge in [-0.15, -0.1) is 10.2 Å². The molecule has 0 bridgehead atoms. The number of pyridine rings is 1. The number of benzene rings is 2. The lowest BCUT2D eigenvalue weighted by Crippen LogP contribution is -2.31. The molecule has 1 atom stereocenters. The van der Waals surface area contributed by atoms with Crippen LogP contribution < -0.4 is 10.1 Å². The number of hydrogen-bond acceptors (Lipinski definition) is 6. The quantitative estimate of drug-likeness (QED) is 0.326. The fraction of sp³-hybridized carbons (Fsp3) is 0.259. The van der Waals surface area contributed by atoms with E-state index < -0.39 is 0 Å². The van der Waals surface area contributed by atoms with Gasteiger partial charge in [-0.2, -0.15) is 0 Å². The predicted octanol–water partition coefficient (Wildman–Crippen LogP) is 4.76. The molecule has 1 unspecified atom stereocenters. The number of nitrogens with one attached hydrogen (secondary N) is 1. The van der Waals surface area contributed by atoms with Gasteiger partial charge in [-0.1, -0.05) is 54.2 Å². The van der Waals surface area contributed by atoms with Crippen LogP contribution in [-0.2, 0) is 11.3 Å². The average Bonchev–Trinajstić information content (AvgIpc) is 3.68. The maximum atomic E-state index is 13.0. The van der Waals surface area contributed by atoms with E-state index in [1.165, 1.54) is 11.8 Å². The molecule has 1 aliphatic carbocycles. The van der Waals surface area contributed by atoms with E-state index in [1.54, 1.807) is 19.5 Å². The number of hydrogen-bond donors (Lipinski definition) is 1. The third-order valence-corrected chi connectivity index (χ3v) is 7.00. The number of thioether (sulfide) groups is 1. The lowest BCUT2D eigenvalue weighted by Gasteiger charge is -2.19. The Bertz CT molecular complexity index is 1260. The summed E-state index contributed by atoms with van der Waals surface area (Å²) >= 11 is 1.40. The lowest BCUT2D eigenvalue weighted by molar-refractivity contribution is -0.119. The predicted molar refractivity (Wildman–Crippen MR) is 136 cm³/mol. The van der Waals surface area contributed by atoms with Gasteiger partial charge in [-0.25, -0.2) is 0 Å². The minimum atomic E-state index is -0.0140. The molecule has 8 heteroatoms. The van der Waals surface area contributed by atoms with Gasteiger partial charge in [0, 0.05) is 18.0 Å². The zero-order valence-corrected chi connectivity index (χ0v) is 20.3. The van der Waals surface area contributed by atoms with E-state index in [2.05, 4.69) is 32.6 Å². The van der Waals surface area contributed by atoms with Crippen LogP contribution in [0.25, 0.3) is 11.4 Å². The highest BCUT2D eigenvalue weighted by Gasteiger charge is 2.33. The van der Waals surface area contributed by atoms with Crippen molar-refractivity contribution >= 4 is 17.7 Å². The summed E-state index contributed by atoms with van der Waals surface area (Å²) in [6.45, 7) is 0.610. The molecule has 1 fully saturated rings. The van der Waals surface area contributed by atoms with E-state index in [0.29, 0.717) is 17.6 Å². The number of carbonyl (C=O) groups excluding carboxylic acids is 1. The SMILES string of the molecule is COc1ccc(C(NC(=O)CSc2nnc(-c3cccnc3)n2Cc2ccccc2)C2CC2)cc1. The molecule has 1 aliphatic rings. The zero-order chi connectivity index (χ0) is 24.0. The van der Waals surface area contributed by atoms with E-state index in [4.69, 9.17) is 4.74 Å². The number of carbonyl (C=O) groups is 1. The largest absolute Gasteiger partial charge is 0.497 e. The first-order valence-electron chi connectivity index (χ1n) is 11.6. The van der Waals surface area contributed by atoms with E-state index in [-0.39, 0.29) is 17.7 Å². The highest BCUT2D eigenvalue weighted by molar-refractivity contribution is 7.99. The standard InChI is InChI=1S/C27H27N5O2S/c1-34-23-13-11-21(12-14-23)25(20-9-10-20)29-24(33)18-35-27-31-30-26(22-8-5-15-28-16-22)32(27)17-19-6-3-2-4-7-19/h2-8,11-16,20,25H,9-10,17-18H2,1H3,(H,29,33). The van der Waals surface area contributed by atoms with E-state index >= 15 is 0 Å². The molecule has 2 aromatic heterocycles. The van der Waals surface area contributed by atoms with Crippen molar-refractivity contribution in [3.05, 3.63) is 90.3 Å². The Labute approximate surface area is 209 Å². The second kappa shape index (κ2) is 10.7. The number of rotatable bonds is 10. The summed E-state index contributed by atoms with van der Waals surface area (Å²) in [4.78, 5) is 17.2. The van der Waals surface area contributed by atoms with E-state index in [1.807, 2.05) is 59.2 Å². The van der Waals surface area contributed by atoms with Gasteiger partial charge in [-0.3, -0.25) is 14.3 Å². The van der Waals surface area contributed by atoms with Crippen molar-refractivity contribution in [2.45, 2.75) is 30.6 Å². The van der Waals surface area contributed by atoms with Crippen molar-refractivity contribution < 1.29 is 9.53 Å². The van der Waals surface area contributed by atoms with Crippen LogP contribution in [0.1, 0.15) is 30.0 Å². The Morgan fingerprint density at radius 3 is 2.57 bits per heavy atom. The molecule has 2 aromatic carbocycles. The highest BCUT2D eigenvalue weighted by Crippen LogP contribution is 2.41. The molecule has 0 aliphatic heterocycles. The van der Waals surface area contributed by atoms with Gasteiger partial charge in [0.2, 0.25) is 5.91 Å². The molecule has 35 heavy (non-hydrogen) atoms. The van der Waals surface area contributed by atoms with Gasteiger partial charge in [0.1, 0.15) is 5.75 Å². The maximum Gasteiger partial charge on any atom is 0.230 e. The smallest absolute Gasteiger partial charge is 0.230 e. The highest BCUT2D eigenvalue weighted by atomic mass is 32.2. The number of aromatic nitrogens is 4. The topological polar surface area (TPSA) is 81.9 Å². The fourth-order valence-electron chi connectivity index (χ4n) is 4.07. The first-order chi connectivity index (χ1) is 17.2. The Hall–Kier alpha value is -3.65.